The summed E-state index contributed by atoms with van der Waals surface area (Å²) in [6, 6.07) is 8.89. The zero-order valence-electron chi connectivity index (χ0n) is 10.3. The van der Waals surface area contributed by atoms with Crippen LogP contribution in [0.4, 0.5) is 5.13 Å². The minimum absolute atomic E-state index is 0.225. The van der Waals surface area contributed by atoms with Crippen molar-refractivity contribution < 1.29 is 13.9 Å². The maximum absolute atomic E-state index is 12.0. The van der Waals surface area contributed by atoms with E-state index in [1.165, 1.54) is 11.3 Å². The molecule has 3 aromatic rings. The minimum atomic E-state index is -0.339. The van der Waals surface area contributed by atoms with Crippen molar-refractivity contribution in [3.8, 4) is 5.75 Å². The number of hydrogen-bond acceptors (Lipinski definition) is 5. The predicted octanol–water partition coefficient (Wildman–Crippen LogP) is 3.91. The van der Waals surface area contributed by atoms with Crippen molar-refractivity contribution in [2.24, 2.45) is 0 Å². The zero-order valence-corrected chi connectivity index (χ0v) is 12.7. The molecular weight excluding hydrogens is 344 g/mol. The van der Waals surface area contributed by atoms with E-state index in [0.29, 0.717) is 15.6 Å². The van der Waals surface area contributed by atoms with E-state index in [4.69, 9.17) is 9.15 Å². The third-order valence-electron chi connectivity index (χ3n) is 2.62. The number of nitrogens with zero attached hydrogens (tertiary/aromatic N) is 1. The lowest BCUT2D eigenvalue weighted by Gasteiger charge is -1.98. The Morgan fingerprint density at radius 1 is 1.40 bits per heavy atom. The lowest BCUT2D eigenvalue weighted by atomic mass is 10.3. The number of rotatable bonds is 3. The number of para-hydroxylation sites is 1. The van der Waals surface area contributed by atoms with Gasteiger partial charge in [0.1, 0.15) is 11.3 Å². The molecule has 20 heavy (non-hydrogen) atoms. The van der Waals surface area contributed by atoms with Crippen LogP contribution in [-0.2, 0) is 0 Å². The second-order valence-electron chi connectivity index (χ2n) is 3.88. The van der Waals surface area contributed by atoms with Crippen LogP contribution in [0.15, 0.2) is 39.4 Å². The summed E-state index contributed by atoms with van der Waals surface area (Å²) >= 11 is 4.54. The van der Waals surface area contributed by atoms with Gasteiger partial charge in [-0.1, -0.05) is 17.4 Å². The number of nitrogens with one attached hydrogen (secondary N) is 1. The van der Waals surface area contributed by atoms with Crippen molar-refractivity contribution in [1.82, 2.24) is 4.98 Å². The molecule has 0 fully saturated rings. The Labute approximate surface area is 126 Å². The number of ether oxygens (including phenoxy) is 1. The highest BCUT2D eigenvalue weighted by atomic mass is 79.9. The summed E-state index contributed by atoms with van der Waals surface area (Å²) in [6.45, 7) is 0. The van der Waals surface area contributed by atoms with Gasteiger partial charge in [-0.15, -0.1) is 0 Å². The molecular formula is C13H9BrN2O3S. The van der Waals surface area contributed by atoms with Crippen LogP contribution < -0.4 is 10.1 Å². The standard InChI is InChI=1S/C13H9BrN2O3S/c1-18-7-3-2-4-9-11(7)15-13(20-9)16-12(17)8-5-6-10(14)19-8/h2-6H,1H3,(H,15,16,17). The van der Waals surface area contributed by atoms with Crippen LogP contribution in [-0.4, -0.2) is 18.0 Å². The lowest BCUT2D eigenvalue weighted by Crippen LogP contribution is -2.10. The van der Waals surface area contributed by atoms with E-state index in [2.05, 4.69) is 26.2 Å². The molecule has 0 atom stereocenters. The van der Waals surface area contributed by atoms with Crippen molar-refractivity contribution in [2.75, 3.05) is 12.4 Å². The first-order valence-corrected chi connectivity index (χ1v) is 7.28. The number of methoxy groups -OCH3 is 1. The number of benzene rings is 1. The Bertz CT molecular complexity index is 781. The quantitative estimate of drug-likeness (QED) is 0.775. The smallest absolute Gasteiger partial charge is 0.293 e. The topological polar surface area (TPSA) is 64.4 Å². The Kier molecular flexibility index (Phi) is 3.45. The Hall–Kier alpha value is -1.86. The van der Waals surface area contributed by atoms with Gasteiger partial charge in [0, 0.05) is 0 Å². The molecule has 0 saturated heterocycles. The number of aromatic nitrogens is 1. The molecule has 0 spiro atoms. The number of halogens is 1. The Morgan fingerprint density at radius 2 is 2.25 bits per heavy atom. The molecule has 0 saturated carbocycles. The van der Waals surface area contributed by atoms with Gasteiger partial charge in [0.15, 0.2) is 15.6 Å². The fraction of sp³-hybridized carbons (Fsp3) is 0.0769. The van der Waals surface area contributed by atoms with Gasteiger partial charge < -0.3 is 9.15 Å². The molecule has 0 bridgehead atoms. The van der Waals surface area contributed by atoms with Gasteiger partial charge in [-0.05, 0) is 40.2 Å². The van der Waals surface area contributed by atoms with Crippen molar-refractivity contribution >= 4 is 48.5 Å². The first kappa shape index (κ1) is 13.1. The Balaban J connectivity index is 1.89. The van der Waals surface area contributed by atoms with Crippen LogP contribution in [0.3, 0.4) is 0 Å². The number of anilines is 1. The predicted molar refractivity (Wildman–Crippen MR) is 80.5 cm³/mol. The maximum Gasteiger partial charge on any atom is 0.293 e. The van der Waals surface area contributed by atoms with Gasteiger partial charge >= 0.3 is 0 Å². The zero-order chi connectivity index (χ0) is 14.1. The molecule has 2 heterocycles. The summed E-state index contributed by atoms with van der Waals surface area (Å²) in [6.07, 6.45) is 0. The van der Waals surface area contributed by atoms with Crippen molar-refractivity contribution in [3.63, 3.8) is 0 Å². The second kappa shape index (κ2) is 5.26. The maximum atomic E-state index is 12.0. The number of fused-ring (bicyclic) bond motifs is 1. The monoisotopic (exact) mass is 352 g/mol. The van der Waals surface area contributed by atoms with Crippen LogP contribution in [0.25, 0.3) is 10.2 Å². The van der Waals surface area contributed by atoms with E-state index >= 15 is 0 Å². The van der Waals surface area contributed by atoms with Gasteiger partial charge in [0.25, 0.3) is 5.91 Å². The highest BCUT2D eigenvalue weighted by Crippen LogP contribution is 2.32. The lowest BCUT2D eigenvalue weighted by molar-refractivity contribution is 0.0995. The molecule has 3 rings (SSSR count). The average molecular weight is 353 g/mol. The average Bonchev–Trinajstić information content (AvgIpc) is 3.03. The fourth-order valence-corrected chi connectivity index (χ4v) is 2.92. The SMILES string of the molecule is COc1cccc2sc(NC(=O)c3ccc(Br)o3)nc12. The number of carbonyl (C=O) groups excluding carboxylic acids is 1. The number of thiazole rings is 1. The van der Waals surface area contributed by atoms with Crippen LogP contribution in [0.2, 0.25) is 0 Å². The fourth-order valence-electron chi connectivity index (χ4n) is 1.74. The van der Waals surface area contributed by atoms with Crippen LogP contribution in [0.1, 0.15) is 10.6 Å². The molecule has 5 nitrogen and oxygen atoms in total. The third kappa shape index (κ3) is 2.41. The summed E-state index contributed by atoms with van der Waals surface area (Å²) in [4.78, 5) is 16.3. The normalized spacial score (nSPS) is 10.7. The molecule has 7 heteroatoms. The molecule has 1 amide bonds. The summed E-state index contributed by atoms with van der Waals surface area (Å²) in [5.41, 5.74) is 0.732. The van der Waals surface area contributed by atoms with Gasteiger partial charge in [0.05, 0.1) is 11.8 Å². The highest BCUT2D eigenvalue weighted by Gasteiger charge is 2.14. The van der Waals surface area contributed by atoms with E-state index in [0.717, 1.165) is 10.2 Å². The van der Waals surface area contributed by atoms with Crippen molar-refractivity contribution in [2.45, 2.75) is 0 Å². The number of amides is 1. The number of hydrogen-bond donors (Lipinski definition) is 1. The van der Waals surface area contributed by atoms with Crippen LogP contribution >= 0.6 is 27.3 Å². The van der Waals surface area contributed by atoms with Crippen molar-refractivity contribution in [3.05, 3.63) is 40.8 Å². The first-order valence-electron chi connectivity index (χ1n) is 5.67. The Morgan fingerprint density at radius 3 is 2.95 bits per heavy atom. The second-order valence-corrected chi connectivity index (χ2v) is 5.70. The molecule has 0 aliphatic heterocycles. The molecule has 2 aromatic heterocycles. The molecule has 0 aliphatic carbocycles. The van der Waals surface area contributed by atoms with E-state index in [-0.39, 0.29) is 11.7 Å². The van der Waals surface area contributed by atoms with Crippen LogP contribution in [0.5, 0.6) is 5.75 Å². The summed E-state index contributed by atoms with van der Waals surface area (Å²) in [5, 5.41) is 3.21. The largest absolute Gasteiger partial charge is 0.494 e. The molecule has 0 radical (unpaired) electrons. The molecule has 102 valence electrons. The summed E-state index contributed by atoms with van der Waals surface area (Å²) in [5.74, 6) is 0.566. The van der Waals surface area contributed by atoms with Gasteiger partial charge in [-0.25, -0.2) is 4.98 Å². The summed E-state index contributed by atoms with van der Waals surface area (Å²) < 4.78 is 11.9. The first-order chi connectivity index (χ1) is 9.67. The summed E-state index contributed by atoms with van der Waals surface area (Å²) in [7, 11) is 1.59. The van der Waals surface area contributed by atoms with Crippen molar-refractivity contribution in [1.29, 1.82) is 0 Å². The molecule has 0 unspecified atom stereocenters. The third-order valence-corrected chi connectivity index (χ3v) is 3.98. The number of furan rings is 1. The molecule has 0 aliphatic rings. The van der Waals surface area contributed by atoms with E-state index < -0.39 is 0 Å². The van der Waals surface area contributed by atoms with E-state index in [1.54, 1.807) is 19.2 Å². The van der Waals surface area contributed by atoms with Crippen LogP contribution in [0, 0.1) is 0 Å². The number of carbonyl (C=O) groups is 1. The van der Waals surface area contributed by atoms with Gasteiger partial charge in [-0.3, -0.25) is 10.1 Å². The van der Waals surface area contributed by atoms with Gasteiger partial charge in [-0.2, -0.15) is 0 Å². The molecule has 1 aromatic carbocycles. The minimum Gasteiger partial charge on any atom is -0.494 e. The highest BCUT2D eigenvalue weighted by molar-refractivity contribution is 9.10. The van der Waals surface area contributed by atoms with Gasteiger partial charge in [0.2, 0.25) is 0 Å². The molecule has 1 N–H and O–H groups in total. The van der Waals surface area contributed by atoms with E-state index in [9.17, 15) is 4.79 Å². The van der Waals surface area contributed by atoms with E-state index in [1.807, 2.05) is 18.2 Å².